The van der Waals surface area contributed by atoms with Crippen molar-refractivity contribution in [1.29, 1.82) is 0 Å². The molecule has 0 aromatic rings. The van der Waals surface area contributed by atoms with Crippen molar-refractivity contribution in [3.8, 4) is 0 Å². The molecule has 2 aliphatic rings. The van der Waals surface area contributed by atoms with Crippen LogP contribution in [0.3, 0.4) is 0 Å². The van der Waals surface area contributed by atoms with Crippen molar-refractivity contribution in [2.24, 2.45) is 0 Å². The van der Waals surface area contributed by atoms with E-state index in [0.717, 1.165) is 12.7 Å². The van der Waals surface area contributed by atoms with E-state index in [1.807, 2.05) is 0 Å². The molecule has 0 saturated carbocycles. The Morgan fingerprint density at radius 3 is 2.53 bits per heavy atom. The maximum Gasteiger partial charge on any atom is 0.241 e. The molecule has 2 aliphatic heterocycles. The third-order valence-corrected chi connectivity index (χ3v) is 4.68. The summed E-state index contributed by atoms with van der Waals surface area (Å²) in [6.45, 7) is 1.27. The fourth-order valence-corrected chi connectivity index (χ4v) is 3.66. The fourth-order valence-electron chi connectivity index (χ4n) is 2.54. The van der Waals surface area contributed by atoms with Crippen LogP contribution < -0.4 is 0 Å². The molecule has 2 atom stereocenters. The number of hydrogen-bond donors (Lipinski definition) is 1. The first-order chi connectivity index (χ1) is 7.89. The molecule has 2 fully saturated rings. The summed E-state index contributed by atoms with van der Waals surface area (Å²) in [5, 5.41) is 9.39. The second-order valence-electron chi connectivity index (χ2n) is 4.76. The van der Waals surface area contributed by atoms with Gasteiger partial charge in [0.2, 0.25) is 15.9 Å². The summed E-state index contributed by atoms with van der Waals surface area (Å²) in [6, 6.07) is -0.560. The third-order valence-electron chi connectivity index (χ3n) is 3.39. The summed E-state index contributed by atoms with van der Waals surface area (Å²) in [7, 11) is -3.32. The molecule has 17 heavy (non-hydrogen) atoms. The lowest BCUT2D eigenvalue weighted by Crippen LogP contribution is -2.46. The Hall–Kier alpha value is -0.660. The molecule has 6 nitrogen and oxygen atoms in total. The van der Waals surface area contributed by atoms with Crippen LogP contribution in [0.2, 0.25) is 0 Å². The number of hydrogen-bond acceptors (Lipinski definition) is 4. The molecule has 2 unspecified atom stereocenters. The van der Waals surface area contributed by atoms with Gasteiger partial charge in [-0.2, -0.15) is 4.31 Å². The number of sulfonamides is 1. The molecule has 0 aromatic carbocycles. The van der Waals surface area contributed by atoms with E-state index < -0.39 is 22.2 Å². The number of β-amino-alcohol motifs (C(OH)–C–C–N with tert-alkyl or cyclic N) is 1. The Balaban J connectivity index is 2.09. The van der Waals surface area contributed by atoms with Crippen molar-refractivity contribution in [3.05, 3.63) is 0 Å². The molecule has 2 saturated heterocycles. The first-order valence-electron chi connectivity index (χ1n) is 5.83. The zero-order valence-electron chi connectivity index (χ0n) is 9.87. The van der Waals surface area contributed by atoms with Gasteiger partial charge in [-0.05, 0) is 19.3 Å². The smallest absolute Gasteiger partial charge is 0.241 e. The van der Waals surface area contributed by atoms with E-state index in [-0.39, 0.29) is 5.91 Å². The Bertz CT molecular complexity index is 409. The Kier molecular flexibility index (Phi) is 3.42. The highest BCUT2D eigenvalue weighted by Gasteiger charge is 2.39. The van der Waals surface area contributed by atoms with Gasteiger partial charge in [0.25, 0.3) is 0 Å². The minimum absolute atomic E-state index is 0.163. The number of carbonyl (C=O) groups is 1. The number of amides is 1. The van der Waals surface area contributed by atoms with Crippen LogP contribution in [0.15, 0.2) is 0 Å². The zero-order chi connectivity index (χ0) is 12.6. The van der Waals surface area contributed by atoms with Gasteiger partial charge < -0.3 is 10.0 Å². The van der Waals surface area contributed by atoms with E-state index in [1.54, 1.807) is 4.90 Å². The van der Waals surface area contributed by atoms with Crippen LogP contribution in [0.4, 0.5) is 0 Å². The van der Waals surface area contributed by atoms with E-state index in [4.69, 9.17) is 0 Å². The summed E-state index contributed by atoms with van der Waals surface area (Å²) < 4.78 is 24.3. The van der Waals surface area contributed by atoms with Gasteiger partial charge in [-0.3, -0.25) is 4.79 Å². The topological polar surface area (TPSA) is 77.9 Å². The first-order valence-corrected chi connectivity index (χ1v) is 7.68. The highest BCUT2D eigenvalue weighted by Crippen LogP contribution is 2.23. The predicted octanol–water partition coefficient (Wildman–Crippen LogP) is -0.996. The van der Waals surface area contributed by atoms with Crippen LogP contribution in [-0.4, -0.2) is 66.7 Å². The van der Waals surface area contributed by atoms with Crippen LogP contribution in [0.25, 0.3) is 0 Å². The van der Waals surface area contributed by atoms with Crippen LogP contribution in [0.5, 0.6) is 0 Å². The maximum absolute atomic E-state index is 12.2. The van der Waals surface area contributed by atoms with Crippen molar-refractivity contribution < 1.29 is 18.3 Å². The molecule has 0 spiro atoms. The van der Waals surface area contributed by atoms with E-state index in [1.165, 1.54) is 4.31 Å². The molecule has 0 aliphatic carbocycles. The molecule has 2 rings (SSSR count). The Morgan fingerprint density at radius 1 is 1.29 bits per heavy atom. The minimum atomic E-state index is -3.32. The van der Waals surface area contributed by atoms with Gasteiger partial charge in [0, 0.05) is 19.6 Å². The monoisotopic (exact) mass is 262 g/mol. The Morgan fingerprint density at radius 2 is 2.00 bits per heavy atom. The van der Waals surface area contributed by atoms with Gasteiger partial charge in [0.05, 0.1) is 12.4 Å². The second-order valence-corrected chi connectivity index (χ2v) is 6.69. The second kappa shape index (κ2) is 4.55. The van der Waals surface area contributed by atoms with Crippen molar-refractivity contribution >= 4 is 15.9 Å². The molecule has 0 bridgehead atoms. The third kappa shape index (κ3) is 2.61. The van der Waals surface area contributed by atoms with E-state index in [2.05, 4.69) is 0 Å². The lowest BCUT2D eigenvalue weighted by molar-refractivity contribution is -0.133. The molecule has 0 aromatic heterocycles. The molecule has 98 valence electrons. The van der Waals surface area contributed by atoms with Crippen LogP contribution >= 0.6 is 0 Å². The number of carbonyl (C=O) groups excluding carboxylic acids is 1. The zero-order valence-corrected chi connectivity index (χ0v) is 10.7. The van der Waals surface area contributed by atoms with E-state index in [0.29, 0.717) is 32.5 Å². The van der Waals surface area contributed by atoms with Crippen LogP contribution in [-0.2, 0) is 14.8 Å². The lowest BCUT2D eigenvalue weighted by Gasteiger charge is -2.25. The van der Waals surface area contributed by atoms with Crippen molar-refractivity contribution in [2.75, 3.05) is 25.9 Å². The molecule has 2 heterocycles. The summed E-state index contributed by atoms with van der Waals surface area (Å²) in [5.74, 6) is -0.163. The standard InChI is InChI=1S/C10H18N2O4S/c1-17(15,16)12-5-2-3-9(12)10(14)11-6-4-8(13)7-11/h8-9,13H,2-7H2,1H3. The van der Waals surface area contributed by atoms with Crippen molar-refractivity contribution in [2.45, 2.75) is 31.4 Å². The Labute approximate surface area is 101 Å². The van der Waals surface area contributed by atoms with Crippen LogP contribution in [0, 0.1) is 0 Å². The first kappa shape index (κ1) is 12.8. The molecule has 1 amide bonds. The molecule has 7 heteroatoms. The largest absolute Gasteiger partial charge is 0.391 e. The van der Waals surface area contributed by atoms with Gasteiger partial charge >= 0.3 is 0 Å². The summed E-state index contributed by atoms with van der Waals surface area (Å²) in [4.78, 5) is 13.7. The predicted molar refractivity (Wildman–Crippen MR) is 61.8 cm³/mol. The normalized spacial score (nSPS) is 31.1. The van der Waals surface area contributed by atoms with Gasteiger partial charge in [-0.15, -0.1) is 0 Å². The van der Waals surface area contributed by atoms with Gasteiger partial charge in [0.1, 0.15) is 6.04 Å². The maximum atomic E-state index is 12.2. The number of rotatable bonds is 2. The lowest BCUT2D eigenvalue weighted by atomic mass is 10.2. The van der Waals surface area contributed by atoms with Crippen molar-refractivity contribution in [3.63, 3.8) is 0 Å². The summed E-state index contributed by atoms with van der Waals surface area (Å²) >= 11 is 0. The van der Waals surface area contributed by atoms with Crippen LogP contribution in [0.1, 0.15) is 19.3 Å². The number of aliphatic hydroxyl groups excluding tert-OH is 1. The minimum Gasteiger partial charge on any atom is -0.391 e. The van der Waals surface area contributed by atoms with Crippen molar-refractivity contribution in [1.82, 2.24) is 9.21 Å². The number of nitrogens with zero attached hydrogens (tertiary/aromatic N) is 2. The molecular weight excluding hydrogens is 244 g/mol. The molecule has 0 radical (unpaired) electrons. The van der Waals surface area contributed by atoms with Gasteiger partial charge in [-0.1, -0.05) is 0 Å². The summed E-state index contributed by atoms with van der Waals surface area (Å²) in [6.07, 6.45) is 2.56. The quantitative estimate of drug-likeness (QED) is 0.692. The van der Waals surface area contributed by atoms with Gasteiger partial charge in [-0.25, -0.2) is 8.42 Å². The highest BCUT2D eigenvalue weighted by atomic mass is 32.2. The molecular formula is C10H18N2O4S. The fraction of sp³-hybridized carbons (Fsp3) is 0.900. The molecule has 1 N–H and O–H groups in total. The van der Waals surface area contributed by atoms with E-state index >= 15 is 0 Å². The number of aliphatic hydroxyl groups is 1. The number of likely N-dealkylation sites (tertiary alicyclic amines) is 1. The average molecular weight is 262 g/mol. The van der Waals surface area contributed by atoms with E-state index in [9.17, 15) is 18.3 Å². The average Bonchev–Trinajstić information content (AvgIpc) is 2.83. The highest BCUT2D eigenvalue weighted by molar-refractivity contribution is 7.88. The SMILES string of the molecule is CS(=O)(=O)N1CCCC1C(=O)N1CCC(O)C1. The summed E-state index contributed by atoms with van der Waals surface area (Å²) in [5.41, 5.74) is 0. The van der Waals surface area contributed by atoms with Gasteiger partial charge in [0.15, 0.2) is 0 Å².